The minimum Gasteiger partial charge on any atom is -0.497 e. The van der Waals surface area contributed by atoms with Crippen molar-refractivity contribution in [1.82, 2.24) is 0 Å². The Balaban J connectivity index is 1.86. The van der Waals surface area contributed by atoms with Crippen LogP contribution in [0.4, 0.5) is 0 Å². The summed E-state index contributed by atoms with van der Waals surface area (Å²) in [6.07, 6.45) is 0. The van der Waals surface area contributed by atoms with Crippen molar-refractivity contribution < 1.29 is 9.47 Å². The second-order valence-corrected chi connectivity index (χ2v) is 5.75. The molecule has 0 saturated carbocycles. The number of fused-ring (bicyclic) bond motifs is 1. The highest BCUT2D eigenvalue weighted by molar-refractivity contribution is 6.16. The fraction of sp³-hybridized carbons (Fsp3) is 0.0909. The van der Waals surface area contributed by atoms with Gasteiger partial charge in [-0.1, -0.05) is 48.5 Å². The zero-order valence-electron chi connectivity index (χ0n) is 13.7. The van der Waals surface area contributed by atoms with E-state index in [0.29, 0.717) is 0 Å². The van der Waals surface area contributed by atoms with E-state index < -0.39 is 0 Å². The number of hydrogen-bond acceptors (Lipinski definition) is 2. The van der Waals surface area contributed by atoms with Gasteiger partial charge in [-0.15, -0.1) is 0 Å². The Morgan fingerprint density at radius 1 is 0.583 bits per heavy atom. The molecule has 0 atom stereocenters. The van der Waals surface area contributed by atoms with Crippen molar-refractivity contribution in [1.29, 1.82) is 0 Å². The average molecular weight is 314 g/mol. The van der Waals surface area contributed by atoms with Gasteiger partial charge in [0, 0.05) is 0 Å². The van der Waals surface area contributed by atoms with E-state index in [0.717, 1.165) is 11.5 Å². The quantitative estimate of drug-likeness (QED) is 0.526. The van der Waals surface area contributed by atoms with Gasteiger partial charge in [-0.05, 0) is 57.7 Å². The molecule has 0 spiro atoms. The van der Waals surface area contributed by atoms with E-state index in [4.69, 9.17) is 9.47 Å². The molecule has 3 aromatic carbocycles. The van der Waals surface area contributed by atoms with Crippen LogP contribution >= 0.6 is 0 Å². The lowest BCUT2D eigenvalue weighted by Crippen LogP contribution is -1.90. The molecular weight excluding hydrogens is 296 g/mol. The Labute approximate surface area is 142 Å². The molecule has 3 aromatic rings. The molecule has 2 nitrogen and oxygen atoms in total. The normalized spacial score (nSPS) is 11.7. The largest absolute Gasteiger partial charge is 0.497 e. The van der Waals surface area contributed by atoms with Gasteiger partial charge in [0.25, 0.3) is 0 Å². The fourth-order valence-corrected chi connectivity index (χ4v) is 3.11. The zero-order chi connectivity index (χ0) is 16.5. The molecule has 0 heterocycles. The summed E-state index contributed by atoms with van der Waals surface area (Å²) in [5.41, 5.74) is 7.62. The van der Waals surface area contributed by atoms with E-state index in [1.807, 2.05) is 24.3 Å². The Morgan fingerprint density at radius 3 is 1.38 bits per heavy atom. The van der Waals surface area contributed by atoms with Crippen molar-refractivity contribution in [3.8, 4) is 11.5 Å². The molecule has 0 saturated heterocycles. The molecule has 4 rings (SSSR count). The minimum absolute atomic E-state index is 0.867. The van der Waals surface area contributed by atoms with E-state index in [2.05, 4.69) is 48.5 Å². The molecule has 0 unspecified atom stereocenters. The van der Waals surface area contributed by atoms with Crippen LogP contribution < -0.4 is 9.47 Å². The second-order valence-electron chi connectivity index (χ2n) is 5.75. The monoisotopic (exact) mass is 314 g/mol. The van der Waals surface area contributed by atoms with Gasteiger partial charge in [0.15, 0.2) is 0 Å². The van der Waals surface area contributed by atoms with E-state index >= 15 is 0 Å². The Morgan fingerprint density at radius 2 is 1.00 bits per heavy atom. The van der Waals surface area contributed by atoms with Gasteiger partial charge in [0.05, 0.1) is 14.2 Å². The summed E-state index contributed by atoms with van der Waals surface area (Å²) < 4.78 is 10.6. The van der Waals surface area contributed by atoms with E-state index in [1.54, 1.807) is 14.2 Å². The summed E-state index contributed by atoms with van der Waals surface area (Å²) in [6.45, 7) is 0. The minimum atomic E-state index is 0.867. The topological polar surface area (TPSA) is 18.5 Å². The molecule has 24 heavy (non-hydrogen) atoms. The first kappa shape index (κ1) is 14.6. The Hall–Kier alpha value is -3.00. The second kappa shape index (κ2) is 5.89. The van der Waals surface area contributed by atoms with Crippen LogP contribution in [0.5, 0.6) is 11.5 Å². The maximum atomic E-state index is 5.29. The molecule has 0 aliphatic heterocycles. The number of hydrogen-bond donors (Lipinski definition) is 0. The van der Waals surface area contributed by atoms with Crippen LogP contribution in [0.15, 0.2) is 72.8 Å². The molecule has 0 aromatic heterocycles. The van der Waals surface area contributed by atoms with Crippen molar-refractivity contribution in [3.63, 3.8) is 0 Å². The van der Waals surface area contributed by atoms with Gasteiger partial charge in [0.2, 0.25) is 0 Å². The molecule has 0 bridgehead atoms. The number of benzene rings is 3. The molecular formula is C22H18O2. The lowest BCUT2D eigenvalue weighted by atomic mass is 9.95. The molecule has 0 N–H and O–H groups in total. The summed E-state index contributed by atoms with van der Waals surface area (Å²) >= 11 is 0. The fourth-order valence-electron chi connectivity index (χ4n) is 3.11. The van der Waals surface area contributed by atoms with Crippen molar-refractivity contribution in [2.75, 3.05) is 14.2 Å². The maximum Gasteiger partial charge on any atom is 0.118 e. The molecule has 0 amide bonds. The van der Waals surface area contributed by atoms with Gasteiger partial charge in [0.1, 0.15) is 11.5 Å². The third kappa shape index (κ3) is 2.46. The highest BCUT2D eigenvalue weighted by atomic mass is 16.5. The Bertz CT molecular complexity index is 829. The summed E-state index contributed by atoms with van der Waals surface area (Å²) in [5, 5.41) is 0. The summed E-state index contributed by atoms with van der Waals surface area (Å²) in [5.74, 6) is 1.73. The molecule has 0 fully saturated rings. The van der Waals surface area contributed by atoms with Crippen LogP contribution in [-0.2, 0) is 0 Å². The van der Waals surface area contributed by atoms with Crippen molar-refractivity contribution in [2.45, 2.75) is 0 Å². The number of methoxy groups -OCH3 is 2. The van der Waals surface area contributed by atoms with Crippen LogP contribution in [0.3, 0.4) is 0 Å². The molecule has 118 valence electrons. The zero-order valence-corrected chi connectivity index (χ0v) is 13.7. The SMILES string of the molecule is COc1ccc(C(=C2c3ccccc32)c2ccc(OC)cc2)cc1. The molecule has 2 heteroatoms. The van der Waals surface area contributed by atoms with Gasteiger partial charge >= 0.3 is 0 Å². The van der Waals surface area contributed by atoms with Gasteiger partial charge in [-0.2, -0.15) is 0 Å². The van der Waals surface area contributed by atoms with E-state index in [9.17, 15) is 0 Å². The summed E-state index contributed by atoms with van der Waals surface area (Å²) in [4.78, 5) is 0. The summed E-state index contributed by atoms with van der Waals surface area (Å²) in [6, 6.07) is 25.0. The van der Waals surface area contributed by atoms with Crippen molar-refractivity contribution >= 4 is 11.1 Å². The average Bonchev–Trinajstić information content (AvgIpc) is 3.37. The van der Waals surface area contributed by atoms with E-state index in [-0.39, 0.29) is 0 Å². The van der Waals surface area contributed by atoms with Crippen molar-refractivity contribution in [3.05, 3.63) is 95.1 Å². The molecule has 1 aliphatic carbocycles. The first-order valence-corrected chi connectivity index (χ1v) is 7.94. The highest BCUT2D eigenvalue weighted by Crippen LogP contribution is 2.49. The van der Waals surface area contributed by atoms with Crippen molar-refractivity contribution in [2.24, 2.45) is 0 Å². The van der Waals surface area contributed by atoms with Gasteiger partial charge in [-0.25, -0.2) is 0 Å². The van der Waals surface area contributed by atoms with Crippen LogP contribution in [0.1, 0.15) is 22.3 Å². The summed E-state index contributed by atoms with van der Waals surface area (Å²) in [7, 11) is 3.38. The van der Waals surface area contributed by atoms with Crippen LogP contribution in [0.25, 0.3) is 11.1 Å². The maximum absolute atomic E-state index is 5.29. The van der Waals surface area contributed by atoms with Crippen LogP contribution in [-0.4, -0.2) is 14.2 Å². The number of ether oxygens (including phenoxy) is 2. The van der Waals surface area contributed by atoms with E-state index in [1.165, 1.54) is 33.4 Å². The number of rotatable bonds is 4. The molecule has 1 aliphatic rings. The predicted octanol–water partition coefficient (Wildman–Crippen LogP) is 5.02. The third-order valence-electron chi connectivity index (χ3n) is 4.41. The van der Waals surface area contributed by atoms with Gasteiger partial charge < -0.3 is 9.47 Å². The lowest BCUT2D eigenvalue weighted by Gasteiger charge is -2.10. The molecule has 0 radical (unpaired) electrons. The smallest absolute Gasteiger partial charge is 0.118 e. The van der Waals surface area contributed by atoms with Crippen LogP contribution in [0.2, 0.25) is 0 Å². The first-order valence-electron chi connectivity index (χ1n) is 7.94. The third-order valence-corrected chi connectivity index (χ3v) is 4.41. The standard InChI is InChI=1S/C22H18O2/c1-23-17-11-7-15(8-12-17)21(16-9-13-18(24-2)14-10-16)22-19-5-3-4-6-20(19)22/h3-14H,1-2H3. The predicted molar refractivity (Wildman–Crippen MR) is 97.4 cm³/mol. The van der Waals surface area contributed by atoms with Gasteiger partial charge in [-0.3, -0.25) is 0 Å². The highest BCUT2D eigenvalue weighted by Gasteiger charge is 2.29. The van der Waals surface area contributed by atoms with Crippen LogP contribution in [0, 0.1) is 0 Å². The Kier molecular flexibility index (Phi) is 3.58. The lowest BCUT2D eigenvalue weighted by molar-refractivity contribution is 0.414. The first-order chi connectivity index (χ1) is 11.8.